The first kappa shape index (κ1) is 15.0. The summed E-state index contributed by atoms with van der Waals surface area (Å²) in [7, 11) is -0.796. The van der Waals surface area contributed by atoms with Crippen LogP contribution in [0.4, 0.5) is 5.69 Å². The SMILES string of the molecule is CC(CCS(C)=O)NC(=O)CC1CNc2ccccc21. The highest BCUT2D eigenvalue weighted by Crippen LogP contribution is 2.32. The summed E-state index contributed by atoms with van der Waals surface area (Å²) in [5.74, 6) is 0.955. The summed E-state index contributed by atoms with van der Waals surface area (Å²) in [6.07, 6.45) is 2.95. The van der Waals surface area contributed by atoms with E-state index >= 15 is 0 Å². The van der Waals surface area contributed by atoms with Crippen molar-refractivity contribution >= 4 is 22.4 Å². The topological polar surface area (TPSA) is 58.2 Å². The standard InChI is InChI=1S/C15H22N2O2S/c1-11(7-8-20(2)19)17-15(18)9-12-10-16-14-6-4-3-5-13(12)14/h3-6,11-12,16H,7-10H2,1-2H3,(H,17,18). The molecule has 1 heterocycles. The minimum absolute atomic E-state index is 0.0721. The van der Waals surface area contributed by atoms with Crippen LogP contribution in [0, 0.1) is 0 Å². The predicted molar refractivity (Wildman–Crippen MR) is 83.4 cm³/mol. The molecule has 5 heteroatoms. The van der Waals surface area contributed by atoms with Crippen molar-refractivity contribution in [2.24, 2.45) is 0 Å². The summed E-state index contributed by atoms with van der Waals surface area (Å²) in [5, 5.41) is 6.32. The Kier molecular flexibility index (Phi) is 5.17. The Morgan fingerprint density at radius 2 is 2.25 bits per heavy atom. The van der Waals surface area contributed by atoms with E-state index in [1.807, 2.05) is 25.1 Å². The second-order valence-corrected chi connectivity index (χ2v) is 6.96. The highest BCUT2D eigenvalue weighted by atomic mass is 32.2. The summed E-state index contributed by atoms with van der Waals surface area (Å²) < 4.78 is 11.0. The second-order valence-electron chi connectivity index (χ2n) is 5.40. The first-order valence-corrected chi connectivity index (χ1v) is 8.71. The number of para-hydroxylation sites is 1. The molecule has 0 saturated heterocycles. The zero-order valence-corrected chi connectivity index (χ0v) is 12.8. The number of anilines is 1. The van der Waals surface area contributed by atoms with Gasteiger partial charge in [-0.05, 0) is 25.0 Å². The number of carbonyl (C=O) groups is 1. The van der Waals surface area contributed by atoms with Gasteiger partial charge in [0.1, 0.15) is 0 Å². The minimum atomic E-state index is -0.796. The van der Waals surface area contributed by atoms with Crippen LogP contribution in [0.2, 0.25) is 0 Å². The Morgan fingerprint density at radius 3 is 3.00 bits per heavy atom. The molecule has 0 fully saturated rings. The van der Waals surface area contributed by atoms with Crippen molar-refractivity contribution in [2.45, 2.75) is 31.7 Å². The van der Waals surface area contributed by atoms with Gasteiger partial charge in [-0.15, -0.1) is 0 Å². The van der Waals surface area contributed by atoms with Crippen molar-refractivity contribution in [3.8, 4) is 0 Å². The van der Waals surface area contributed by atoms with E-state index in [2.05, 4.69) is 16.7 Å². The molecule has 0 aromatic heterocycles. The molecule has 0 saturated carbocycles. The van der Waals surface area contributed by atoms with Gasteiger partial charge in [0.2, 0.25) is 5.91 Å². The molecule has 2 rings (SSSR count). The fourth-order valence-electron chi connectivity index (χ4n) is 2.51. The third-order valence-electron chi connectivity index (χ3n) is 3.62. The van der Waals surface area contributed by atoms with Crippen molar-refractivity contribution in [1.29, 1.82) is 0 Å². The molecule has 1 aliphatic rings. The molecule has 1 aliphatic heterocycles. The summed E-state index contributed by atoms with van der Waals surface area (Å²) in [5.41, 5.74) is 2.37. The van der Waals surface area contributed by atoms with Crippen LogP contribution < -0.4 is 10.6 Å². The van der Waals surface area contributed by atoms with Crippen LogP contribution in [-0.4, -0.2) is 34.7 Å². The van der Waals surface area contributed by atoms with Gasteiger partial charge >= 0.3 is 0 Å². The third kappa shape index (κ3) is 4.07. The maximum Gasteiger partial charge on any atom is 0.220 e. The van der Waals surface area contributed by atoms with Crippen molar-refractivity contribution in [1.82, 2.24) is 5.32 Å². The molecular formula is C15H22N2O2S. The molecule has 3 unspecified atom stereocenters. The zero-order chi connectivity index (χ0) is 14.5. The van der Waals surface area contributed by atoms with Crippen LogP contribution in [0.15, 0.2) is 24.3 Å². The fraction of sp³-hybridized carbons (Fsp3) is 0.533. The van der Waals surface area contributed by atoms with Gasteiger partial charge in [-0.1, -0.05) is 18.2 Å². The first-order chi connectivity index (χ1) is 9.56. The Hall–Kier alpha value is -1.36. The van der Waals surface area contributed by atoms with Crippen molar-refractivity contribution in [2.75, 3.05) is 23.9 Å². The van der Waals surface area contributed by atoms with Crippen LogP contribution in [-0.2, 0) is 15.6 Å². The lowest BCUT2D eigenvalue weighted by Crippen LogP contribution is -2.34. The number of hydrogen-bond acceptors (Lipinski definition) is 3. The van der Waals surface area contributed by atoms with Gasteiger partial charge in [0.25, 0.3) is 0 Å². The van der Waals surface area contributed by atoms with Crippen molar-refractivity contribution in [3.05, 3.63) is 29.8 Å². The molecule has 0 aliphatic carbocycles. The van der Waals surface area contributed by atoms with E-state index in [-0.39, 0.29) is 17.9 Å². The van der Waals surface area contributed by atoms with E-state index < -0.39 is 10.8 Å². The lowest BCUT2D eigenvalue weighted by molar-refractivity contribution is -0.122. The Labute approximate surface area is 122 Å². The molecule has 1 amide bonds. The van der Waals surface area contributed by atoms with Gasteiger partial charge in [-0.2, -0.15) is 0 Å². The highest BCUT2D eigenvalue weighted by molar-refractivity contribution is 7.84. The van der Waals surface area contributed by atoms with Gasteiger partial charge in [-0.25, -0.2) is 0 Å². The molecule has 3 atom stereocenters. The quantitative estimate of drug-likeness (QED) is 0.842. The first-order valence-electron chi connectivity index (χ1n) is 6.98. The normalized spacial score (nSPS) is 19.8. The molecule has 0 radical (unpaired) electrons. The average molecular weight is 294 g/mol. The molecule has 0 spiro atoms. The molecule has 2 N–H and O–H groups in total. The maximum atomic E-state index is 12.0. The number of benzene rings is 1. The Bertz CT molecular complexity index is 504. The van der Waals surface area contributed by atoms with Crippen LogP contribution in [0.5, 0.6) is 0 Å². The van der Waals surface area contributed by atoms with E-state index in [9.17, 15) is 9.00 Å². The smallest absolute Gasteiger partial charge is 0.220 e. The van der Waals surface area contributed by atoms with E-state index in [1.54, 1.807) is 6.26 Å². The number of carbonyl (C=O) groups excluding carboxylic acids is 1. The monoisotopic (exact) mass is 294 g/mol. The van der Waals surface area contributed by atoms with Gasteiger partial charge in [0.15, 0.2) is 0 Å². The van der Waals surface area contributed by atoms with Crippen LogP contribution >= 0.6 is 0 Å². The van der Waals surface area contributed by atoms with Gasteiger partial charge in [-0.3, -0.25) is 9.00 Å². The van der Waals surface area contributed by atoms with Gasteiger partial charge in [0.05, 0.1) is 0 Å². The molecule has 0 bridgehead atoms. The van der Waals surface area contributed by atoms with Gasteiger partial charge < -0.3 is 10.6 Å². The molecule has 20 heavy (non-hydrogen) atoms. The number of fused-ring (bicyclic) bond motifs is 1. The van der Waals surface area contributed by atoms with Gasteiger partial charge in [0, 0.05) is 53.4 Å². The number of nitrogens with one attached hydrogen (secondary N) is 2. The lowest BCUT2D eigenvalue weighted by atomic mass is 9.97. The Morgan fingerprint density at radius 1 is 1.50 bits per heavy atom. The second kappa shape index (κ2) is 6.88. The average Bonchev–Trinajstić information content (AvgIpc) is 2.80. The maximum absolute atomic E-state index is 12.0. The van der Waals surface area contributed by atoms with E-state index in [4.69, 9.17) is 0 Å². The number of rotatable bonds is 6. The summed E-state index contributed by atoms with van der Waals surface area (Å²) >= 11 is 0. The molecule has 1 aromatic carbocycles. The minimum Gasteiger partial charge on any atom is -0.384 e. The number of amides is 1. The summed E-state index contributed by atoms with van der Waals surface area (Å²) in [6, 6.07) is 8.22. The van der Waals surface area contributed by atoms with E-state index in [1.165, 1.54) is 5.56 Å². The van der Waals surface area contributed by atoms with Crippen LogP contribution in [0.3, 0.4) is 0 Å². The summed E-state index contributed by atoms with van der Waals surface area (Å²) in [4.78, 5) is 12.0. The molecule has 110 valence electrons. The molecular weight excluding hydrogens is 272 g/mol. The van der Waals surface area contributed by atoms with E-state index in [0.29, 0.717) is 12.2 Å². The van der Waals surface area contributed by atoms with Crippen molar-refractivity contribution < 1.29 is 9.00 Å². The predicted octanol–water partition coefficient (Wildman–Crippen LogP) is 1.86. The summed E-state index contributed by atoms with van der Waals surface area (Å²) in [6.45, 7) is 2.78. The highest BCUT2D eigenvalue weighted by Gasteiger charge is 2.24. The Balaban J connectivity index is 1.82. The fourth-order valence-corrected chi connectivity index (χ4v) is 3.20. The largest absolute Gasteiger partial charge is 0.384 e. The lowest BCUT2D eigenvalue weighted by Gasteiger charge is -2.15. The van der Waals surface area contributed by atoms with Crippen LogP contribution in [0.25, 0.3) is 0 Å². The van der Waals surface area contributed by atoms with Crippen molar-refractivity contribution in [3.63, 3.8) is 0 Å². The van der Waals surface area contributed by atoms with E-state index in [0.717, 1.165) is 18.7 Å². The molecule has 4 nitrogen and oxygen atoms in total. The number of hydrogen-bond donors (Lipinski definition) is 2. The zero-order valence-electron chi connectivity index (χ0n) is 12.0. The molecule has 1 aromatic rings. The van der Waals surface area contributed by atoms with Crippen LogP contribution in [0.1, 0.15) is 31.2 Å². The third-order valence-corrected chi connectivity index (χ3v) is 4.43.